The standard InChI is InChI=1S/C17H28N2.2ClH/c1-4-5-17(19-12-10-18-11-13-19)16-8-6-15(7-9-16)14(2)3;;/h6-9,14,17-18H,4-5,10-13H2,1-3H3;2*1H/t17-;;/m0../s1. The molecule has 4 heteroatoms. The van der Waals surface area contributed by atoms with E-state index >= 15 is 0 Å². The van der Waals surface area contributed by atoms with Crippen molar-refractivity contribution in [3.63, 3.8) is 0 Å². The van der Waals surface area contributed by atoms with Gasteiger partial charge in [0.15, 0.2) is 0 Å². The molecule has 122 valence electrons. The number of rotatable bonds is 5. The minimum atomic E-state index is 0. The summed E-state index contributed by atoms with van der Waals surface area (Å²) in [4.78, 5) is 2.64. The third kappa shape index (κ3) is 5.78. The SMILES string of the molecule is CCC[C@@H](c1ccc(C(C)C)cc1)N1CCNCC1.Cl.Cl. The van der Waals surface area contributed by atoms with Crippen molar-refractivity contribution in [3.05, 3.63) is 35.4 Å². The molecule has 0 bridgehead atoms. The Morgan fingerprint density at radius 2 is 1.52 bits per heavy atom. The lowest BCUT2D eigenvalue weighted by molar-refractivity contribution is 0.164. The van der Waals surface area contributed by atoms with E-state index in [1.807, 2.05) is 0 Å². The molecule has 0 spiro atoms. The van der Waals surface area contributed by atoms with Gasteiger partial charge in [0.1, 0.15) is 0 Å². The van der Waals surface area contributed by atoms with Crippen molar-refractivity contribution in [3.8, 4) is 0 Å². The molecule has 1 N–H and O–H groups in total. The van der Waals surface area contributed by atoms with Crippen molar-refractivity contribution in [2.45, 2.75) is 45.6 Å². The maximum atomic E-state index is 3.45. The van der Waals surface area contributed by atoms with Crippen LogP contribution in [0.15, 0.2) is 24.3 Å². The maximum Gasteiger partial charge on any atom is 0.0349 e. The van der Waals surface area contributed by atoms with Gasteiger partial charge in [-0.25, -0.2) is 0 Å². The minimum Gasteiger partial charge on any atom is -0.314 e. The average Bonchev–Trinajstić information content (AvgIpc) is 2.46. The Kier molecular flexibility index (Phi) is 10.3. The summed E-state index contributed by atoms with van der Waals surface area (Å²) in [5.74, 6) is 0.623. The molecule has 1 aromatic rings. The molecule has 1 saturated heterocycles. The summed E-state index contributed by atoms with van der Waals surface area (Å²) in [6.07, 6.45) is 2.52. The quantitative estimate of drug-likeness (QED) is 0.859. The van der Waals surface area contributed by atoms with Crippen LogP contribution in [0, 0.1) is 0 Å². The van der Waals surface area contributed by atoms with Crippen molar-refractivity contribution in [1.82, 2.24) is 10.2 Å². The van der Waals surface area contributed by atoms with E-state index in [0.717, 1.165) is 13.1 Å². The Morgan fingerprint density at radius 3 is 2.00 bits per heavy atom. The first-order valence-electron chi connectivity index (χ1n) is 7.77. The predicted molar refractivity (Wildman–Crippen MR) is 97.1 cm³/mol. The molecular weight excluding hydrogens is 303 g/mol. The molecule has 1 aromatic carbocycles. The van der Waals surface area contributed by atoms with Gasteiger partial charge >= 0.3 is 0 Å². The fourth-order valence-electron chi connectivity index (χ4n) is 2.93. The summed E-state index contributed by atoms with van der Waals surface area (Å²) >= 11 is 0. The van der Waals surface area contributed by atoms with E-state index in [-0.39, 0.29) is 24.8 Å². The van der Waals surface area contributed by atoms with Gasteiger partial charge in [0.25, 0.3) is 0 Å². The Bertz CT molecular complexity index is 373. The molecule has 21 heavy (non-hydrogen) atoms. The van der Waals surface area contributed by atoms with E-state index in [2.05, 4.69) is 55.3 Å². The van der Waals surface area contributed by atoms with Gasteiger partial charge in [0.05, 0.1) is 0 Å². The molecule has 2 nitrogen and oxygen atoms in total. The zero-order valence-electron chi connectivity index (χ0n) is 13.5. The summed E-state index contributed by atoms with van der Waals surface area (Å²) in [5, 5.41) is 3.45. The fourth-order valence-corrected chi connectivity index (χ4v) is 2.93. The Morgan fingerprint density at radius 1 is 1.00 bits per heavy atom. The van der Waals surface area contributed by atoms with Crippen molar-refractivity contribution >= 4 is 24.8 Å². The first-order valence-corrected chi connectivity index (χ1v) is 7.77. The van der Waals surface area contributed by atoms with E-state index < -0.39 is 0 Å². The van der Waals surface area contributed by atoms with Crippen LogP contribution in [0.5, 0.6) is 0 Å². The second kappa shape index (κ2) is 10.4. The summed E-state index contributed by atoms with van der Waals surface area (Å²) in [6.45, 7) is 11.4. The number of halogens is 2. The summed E-state index contributed by atoms with van der Waals surface area (Å²) < 4.78 is 0. The molecule has 1 heterocycles. The van der Waals surface area contributed by atoms with E-state index in [0.29, 0.717) is 12.0 Å². The third-order valence-corrected chi connectivity index (χ3v) is 4.14. The van der Waals surface area contributed by atoms with E-state index in [1.54, 1.807) is 0 Å². The predicted octanol–water partition coefficient (Wildman–Crippen LogP) is 4.40. The van der Waals surface area contributed by atoms with E-state index in [9.17, 15) is 0 Å². The lowest BCUT2D eigenvalue weighted by Crippen LogP contribution is -2.45. The van der Waals surface area contributed by atoms with E-state index in [1.165, 1.54) is 37.1 Å². The molecule has 0 radical (unpaired) electrons. The van der Waals surface area contributed by atoms with Gasteiger partial charge in [0.2, 0.25) is 0 Å². The van der Waals surface area contributed by atoms with Crippen LogP contribution in [0.4, 0.5) is 0 Å². The number of hydrogen-bond donors (Lipinski definition) is 1. The number of nitrogens with one attached hydrogen (secondary N) is 1. The highest BCUT2D eigenvalue weighted by molar-refractivity contribution is 5.85. The van der Waals surface area contributed by atoms with Crippen molar-refractivity contribution < 1.29 is 0 Å². The van der Waals surface area contributed by atoms with Crippen LogP contribution < -0.4 is 5.32 Å². The Balaban J connectivity index is 0.00000200. The van der Waals surface area contributed by atoms with Gasteiger partial charge in [0, 0.05) is 32.2 Å². The molecule has 0 unspecified atom stereocenters. The van der Waals surface area contributed by atoms with Crippen molar-refractivity contribution in [1.29, 1.82) is 0 Å². The van der Waals surface area contributed by atoms with Crippen LogP contribution in [0.1, 0.15) is 56.7 Å². The highest BCUT2D eigenvalue weighted by Gasteiger charge is 2.21. The number of benzene rings is 1. The molecule has 1 fully saturated rings. The number of hydrogen-bond acceptors (Lipinski definition) is 2. The van der Waals surface area contributed by atoms with Crippen molar-refractivity contribution in [2.75, 3.05) is 26.2 Å². The highest BCUT2D eigenvalue weighted by atomic mass is 35.5. The minimum absolute atomic E-state index is 0. The first-order chi connectivity index (χ1) is 9.22. The Hall–Kier alpha value is -0.280. The molecule has 1 atom stereocenters. The van der Waals surface area contributed by atoms with Gasteiger partial charge in [-0.15, -0.1) is 24.8 Å². The number of piperazine rings is 1. The molecular formula is C17H30Cl2N2. The molecule has 1 aliphatic heterocycles. The van der Waals surface area contributed by atoms with Gasteiger partial charge in [-0.3, -0.25) is 4.90 Å². The molecule has 0 amide bonds. The summed E-state index contributed by atoms with van der Waals surface area (Å²) in [5.41, 5.74) is 2.94. The van der Waals surface area contributed by atoms with E-state index in [4.69, 9.17) is 0 Å². The van der Waals surface area contributed by atoms with Crippen LogP contribution in [0.25, 0.3) is 0 Å². The average molecular weight is 333 g/mol. The molecule has 1 aliphatic rings. The maximum absolute atomic E-state index is 3.45. The van der Waals surface area contributed by atoms with Crippen molar-refractivity contribution in [2.24, 2.45) is 0 Å². The van der Waals surface area contributed by atoms with Crippen LogP contribution in [0.3, 0.4) is 0 Å². The van der Waals surface area contributed by atoms with Crippen LogP contribution >= 0.6 is 24.8 Å². The fraction of sp³-hybridized carbons (Fsp3) is 0.647. The third-order valence-electron chi connectivity index (χ3n) is 4.14. The summed E-state index contributed by atoms with van der Waals surface area (Å²) in [6, 6.07) is 9.92. The van der Waals surface area contributed by atoms with Gasteiger partial charge < -0.3 is 5.32 Å². The van der Waals surface area contributed by atoms with Gasteiger partial charge in [-0.05, 0) is 23.5 Å². The first kappa shape index (κ1) is 20.7. The lowest BCUT2D eigenvalue weighted by Gasteiger charge is -2.35. The number of nitrogens with zero attached hydrogens (tertiary/aromatic N) is 1. The topological polar surface area (TPSA) is 15.3 Å². The smallest absolute Gasteiger partial charge is 0.0349 e. The van der Waals surface area contributed by atoms with Crippen LogP contribution in [-0.4, -0.2) is 31.1 Å². The highest BCUT2D eigenvalue weighted by Crippen LogP contribution is 2.27. The molecule has 2 rings (SSSR count). The lowest BCUT2D eigenvalue weighted by atomic mass is 9.96. The second-order valence-electron chi connectivity index (χ2n) is 5.91. The zero-order valence-corrected chi connectivity index (χ0v) is 15.1. The summed E-state index contributed by atoms with van der Waals surface area (Å²) in [7, 11) is 0. The largest absolute Gasteiger partial charge is 0.314 e. The Labute approximate surface area is 142 Å². The molecule has 0 saturated carbocycles. The van der Waals surface area contributed by atoms with Crippen LogP contribution in [-0.2, 0) is 0 Å². The molecule has 0 aliphatic carbocycles. The van der Waals surface area contributed by atoms with Crippen LogP contribution in [0.2, 0.25) is 0 Å². The monoisotopic (exact) mass is 332 g/mol. The van der Waals surface area contributed by atoms with Gasteiger partial charge in [-0.1, -0.05) is 51.5 Å². The van der Waals surface area contributed by atoms with Gasteiger partial charge in [-0.2, -0.15) is 0 Å². The zero-order chi connectivity index (χ0) is 13.7. The normalized spacial score (nSPS) is 17.0. The molecule has 0 aromatic heterocycles. The second-order valence-corrected chi connectivity index (χ2v) is 5.91.